The predicted octanol–water partition coefficient (Wildman–Crippen LogP) is 4.67. The molecule has 21 heavy (non-hydrogen) atoms. The zero-order valence-corrected chi connectivity index (χ0v) is 13.5. The van der Waals surface area contributed by atoms with Crippen LogP contribution >= 0.6 is 11.8 Å². The highest BCUT2D eigenvalue weighted by Crippen LogP contribution is 2.31. The first-order valence-electron chi connectivity index (χ1n) is 6.88. The van der Waals surface area contributed by atoms with Crippen molar-refractivity contribution >= 4 is 17.7 Å². The summed E-state index contributed by atoms with van der Waals surface area (Å²) in [5.74, 6) is -0.445. The number of aromatic nitrogens is 1. The van der Waals surface area contributed by atoms with Crippen LogP contribution in [-0.2, 0) is 0 Å². The standard InChI is InChI=1S/C17H19NO2S/c1-10(2)13-5-7-14(8-6-13)21-16-15(17(19)20)11(3)9-12(4)18-16/h5-10H,1-4H3,(H,19,20). The molecule has 0 radical (unpaired) electrons. The summed E-state index contributed by atoms with van der Waals surface area (Å²) >= 11 is 1.40. The van der Waals surface area contributed by atoms with Crippen molar-refractivity contribution < 1.29 is 9.90 Å². The molecule has 110 valence electrons. The van der Waals surface area contributed by atoms with E-state index in [1.165, 1.54) is 17.3 Å². The van der Waals surface area contributed by atoms with Crippen LogP contribution in [0.25, 0.3) is 0 Å². The van der Waals surface area contributed by atoms with Crippen LogP contribution in [0.3, 0.4) is 0 Å². The van der Waals surface area contributed by atoms with Crippen molar-refractivity contribution in [1.29, 1.82) is 0 Å². The van der Waals surface area contributed by atoms with Gasteiger partial charge >= 0.3 is 5.97 Å². The largest absolute Gasteiger partial charge is 0.478 e. The molecule has 2 aromatic rings. The molecule has 1 N–H and O–H groups in total. The summed E-state index contributed by atoms with van der Waals surface area (Å²) in [6, 6.07) is 10.00. The van der Waals surface area contributed by atoms with Crippen LogP contribution in [0, 0.1) is 13.8 Å². The maximum absolute atomic E-state index is 11.4. The van der Waals surface area contributed by atoms with Gasteiger partial charge in [-0.3, -0.25) is 0 Å². The number of nitrogens with zero attached hydrogens (tertiary/aromatic N) is 1. The number of pyridine rings is 1. The normalized spacial score (nSPS) is 10.9. The zero-order valence-electron chi connectivity index (χ0n) is 12.7. The van der Waals surface area contributed by atoms with Crippen LogP contribution in [0.2, 0.25) is 0 Å². The summed E-state index contributed by atoms with van der Waals surface area (Å²) in [5, 5.41) is 9.93. The monoisotopic (exact) mass is 301 g/mol. The molecule has 1 heterocycles. The van der Waals surface area contributed by atoms with Crippen molar-refractivity contribution in [3.05, 3.63) is 52.7 Å². The number of rotatable bonds is 4. The molecular formula is C17H19NO2S. The average Bonchev–Trinajstić information content (AvgIpc) is 2.37. The predicted molar refractivity (Wildman–Crippen MR) is 85.3 cm³/mol. The molecule has 0 aliphatic rings. The lowest BCUT2D eigenvalue weighted by atomic mass is 10.0. The van der Waals surface area contributed by atoms with Gasteiger partial charge in [-0.1, -0.05) is 37.7 Å². The van der Waals surface area contributed by atoms with Gasteiger partial charge in [-0.05, 0) is 49.1 Å². The third-order valence-electron chi connectivity index (χ3n) is 3.29. The van der Waals surface area contributed by atoms with E-state index in [9.17, 15) is 9.90 Å². The lowest BCUT2D eigenvalue weighted by Crippen LogP contribution is -2.05. The molecule has 0 saturated heterocycles. The molecule has 0 fully saturated rings. The second kappa shape index (κ2) is 6.31. The quantitative estimate of drug-likeness (QED) is 0.891. The van der Waals surface area contributed by atoms with E-state index >= 15 is 0 Å². The Balaban J connectivity index is 2.37. The summed E-state index contributed by atoms with van der Waals surface area (Å²) in [6.45, 7) is 7.99. The molecule has 1 aromatic heterocycles. The Labute approximate surface area is 129 Å². The second-order valence-electron chi connectivity index (χ2n) is 5.39. The van der Waals surface area contributed by atoms with Crippen molar-refractivity contribution in [2.24, 2.45) is 0 Å². The summed E-state index contributed by atoms with van der Waals surface area (Å²) in [4.78, 5) is 16.8. The molecule has 0 spiro atoms. The van der Waals surface area contributed by atoms with Gasteiger partial charge < -0.3 is 5.11 Å². The van der Waals surface area contributed by atoms with E-state index < -0.39 is 5.97 Å². The fourth-order valence-electron chi connectivity index (χ4n) is 2.17. The van der Waals surface area contributed by atoms with E-state index in [1.807, 2.05) is 26.0 Å². The Morgan fingerprint density at radius 3 is 2.33 bits per heavy atom. The van der Waals surface area contributed by atoms with Crippen LogP contribution in [0.15, 0.2) is 40.3 Å². The van der Waals surface area contributed by atoms with E-state index in [1.54, 1.807) is 6.07 Å². The number of hydrogen-bond acceptors (Lipinski definition) is 3. The van der Waals surface area contributed by atoms with Gasteiger partial charge in [0.15, 0.2) is 0 Å². The van der Waals surface area contributed by atoms with E-state index in [0.717, 1.165) is 16.2 Å². The third-order valence-corrected chi connectivity index (χ3v) is 4.28. The van der Waals surface area contributed by atoms with E-state index in [-0.39, 0.29) is 0 Å². The molecule has 0 amide bonds. The molecule has 4 heteroatoms. The first-order chi connectivity index (χ1) is 9.88. The SMILES string of the molecule is Cc1cc(C)c(C(=O)O)c(Sc2ccc(C(C)C)cc2)n1. The first kappa shape index (κ1) is 15.6. The van der Waals surface area contributed by atoms with Gasteiger partial charge in [0.1, 0.15) is 5.03 Å². The number of benzene rings is 1. The third kappa shape index (κ3) is 3.64. The van der Waals surface area contributed by atoms with Gasteiger partial charge in [0, 0.05) is 10.6 Å². The molecule has 0 aliphatic heterocycles. The van der Waals surface area contributed by atoms with Crippen LogP contribution in [0.1, 0.15) is 46.9 Å². The van der Waals surface area contributed by atoms with Crippen LogP contribution < -0.4 is 0 Å². The highest BCUT2D eigenvalue weighted by atomic mass is 32.2. The maximum Gasteiger partial charge on any atom is 0.338 e. The Bertz CT molecular complexity index is 663. The Hall–Kier alpha value is -1.81. The highest BCUT2D eigenvalue weighted by Gasteiger charge is 2.16. The number of carboxylic acids is 1. The van der Waals surface area contributed by atoms with Gasteiger partial charge in [0.05, 0.1) is 5.56 Å². The Morgan fingerprint density at radius 1 is 1.19 bits per heavy atom. The summed E-state index contributed by atoms with van der Waals surface area (Å²) in [5.41, 5.74) is 3.14. The minimum atomic E-state index is -0.929. The minimum Gasteiger partial charge on any atom is -0.478 e. The van der Waals surface area contributed by atoms with Crippen molar-refractivity contribution in [3.63, 3.8) is 0 Å². The topological polar surface area (TPSA) is 50.2 Å². The number of hydrogen-bond donors (Lipinski definition) is 1. The molecule has 0 unspecified atom stereocenters. The van der Waals surface area contributed by atoms with Crippen molar-refractivity contribution in [2.45, 2.75) is 43.5 Å². The molecular weight excluding hydrogens is 282 g/mol. The summed E-state index contributed by atoms with van der Waals surface area (Å²) in [6.07, 6.45) is 0. The smallest absolute Gasteiger partial charge is 0.338 e. The highest BCUT2D eigenvalue weighted by molar-refractivity contribution is 7.99. The number of aryl methyl sites for hydroxylation is 2. The Morgan fingerprint density at radius 2 is 1.81 bits per heavy atom. The van der Waals surface area contributed by atoms with E-state index in [0.29, 0.717) is 16.5 Å². The maximum atomic E-state index is 11.4. The molecule has 0 saturated carbocycles. The second-order valence-corrected chi connectivity index (χ2v) is 6.45. The summed E-state index contributed by atoms with van der Waals surface area (Å²) in [7, 11) is 0. The summed E-state index contributed by atoms with van der Waals surface area (Å²) < 4.78 is 0. The average molecular weight is 301 g/mol. The van der Waals surface area contributed by atoms with Gasteiger partial charge in [-0.15, -0.1) is 0 Å². The van der Waals surface area contributed by atoms with Crippen LogP contribution in [0.4, 0.5) is 0 Å². The van der Waals surface area contributed by atoms with Gasteiger partial charge in [-0.2, -0.15) is 0 Å². The van der Waals surface area contributed by atoms with Crippen molar-refractivity contribution in [1.82, 2.24) is 4.98 Å². The van der Waals surface area contributed by atoms with Crippen LogP contribution in [-0.4, -0.2) is 16.1 Å². The number of aromatic carboxylic acids is 1. The fourth-order valence-corrected chi connectivity index (χ4v) is 3.20. The molecule has 1 aromatic carbocycles. The van der Waals surface area contributed by atoms with E-state index in [2.05, 4.69) is 31.0 Å². The first-order valence-corrected chi connectivity index (χ1v) is 7.69. The van der Waals surface area contributed by atoms with Gasteiger partial charge in [0.25, 0.3) is 0 Å². The van der Waals surface area contributed by atoms with Crippen LogP contribution in [0.5, 0.6) is 0 Å². The lowest BCUT2D eigenvalue weighted by molar-refractivity contribution is 0.0691. The molecule has 0 bridgehead atoms. The zero-order chi connectivity index (χ0) is 15.6. The lowest BCUT2D eigenvalue weighted by Gasteiger charge is -2.10. The van der Waals surface area contributed by atoms with Crippen molar-refractivity contribution in [3.8, 4) is 0 Å². The van der Waals surface area contributed by atoms with E-state index in [4.69, 9.17) is 0 Å². The minimum absolute atomic E-state index is 0.290. The molecule has 3 nitrogen and oxygen atoms in total. The molecule has 0 atom stereocenters. The van der Waals surface area contributed by atoms with Gasteiger partial charge in [0.2, 0.25) is 0 Å². The molecule has 2 rings (SSSR count). The fraction of sp³-hybridized carbons (Fsp3) is 0.294. The molecule has 0 aliphatic carbocycles. The number of carboxylic acid groups (broad SMARTS) is 1. The Kier molecular flexibility index (Phi) is 4.68. The van der Waals surface area contributed by atoms with Crippen molar-refractivity contribution in [2.75, 3.05) is 0 Å². The van der Waals surface area contributed by atoms with Gasteiger partial charge in [-0.25, -0.2) is 9.78 Å². The number of carbonyl (C=O) groups is 1.